The van der Waals surface area contributed by atoms with Gasteiger partial charge in [0.1, 0.15) is 0 Å². The van der Waals surface area contributed by atoms with Gasteiger partial charge in [0.2, 0.25) is 11.6 Å². The molecule has 0 aromatic carbocycles. The zero-order valence-electron chi connectivity index (χ0n) is 11.8. The van der Waals surface area contributed by atoms with Gasteiger partial charge in [-0.3, -0.25) is 4.79 Å². The fourth-order valence-electron chi connectivity index (χ4n) is 2.29. The van der Waals surface area contributed by atoms with E-state index in [-0.39, 0.29) is 37.4 Å². The monoisotopic (exact) mass is 325 g/mol. The molecule has 2 rings (SSSR count). The predicted octanol–water partition coefficient (Wildman–Crippen LogP) is 2.36. The van der Waals surface area contributed by atoms with Crippen molar-refractivity contribution < 1.29 is 31.7 Å². The Morgan fingerprint density at radius 3 is 2.64 bits per heavy atom. The molecule has 1 heterocycles. The third-order valence-corrected chi connectivity index (χ3v) is 3.56. The summed E-state index contributed by atoms with van der Waals surface area (Å²) in [6.07, 6.45) is -3.05. The van der Waals surface area contributed by atoms with Gasteiger partial charge in [0.15, 0.2) is 6.61 Å². The van der Waals surface area contributed by atoms with Crippen molar-refractivity contribution in [1.29, 1.82) is 0 Å². The summed E-state index contributed by atoms with van der Waals surface area (Å²) in [5.74, 6) is -3.81. The number of halogens is 4. The Morgan fingerprint density at radius 2 is 2.05 bits per heavy atom. The molecule has 1 saturated carbocycles. The van der Waals surface area contributed by atoms with Crippen LogP contribution in [-0.2, 0) is 0 Å². The van der Waals surface area contributed by atoms with Gasteiger partial charge in [-0.15, -0.1) is 0 Å². The fourth-order valence-corrected chi connectivity index (χ4v) is 2.29. The summed E-state index contributed by atoms with van der Waals surface area (Å²) in [5.41, 5.74) is -0.347. The number of hydrogen-bond donors (Lipinski definition) is 0. The number of ether oxygens (including phenoxy) is 1. The van der Waals surface area contributed by atoms with Gasteiger partial charge >= 0.3 is 0 Å². The zero-order chi connectivity index (χ0) is 16.3. The summed E-state index contributed by atoms with van der Waals surface area (Å²) in [7, 11) is 1.43. The lowest BCUT2D eigenvalue weighted by Crippen LogP contribution is -2.42. The number of nitrogens with zero attached hydrogens (tertiary/aromatic N) is 3. The molecular formula is C12H15F4N3O3. The SMILES string of the molecule is CN(C(=O)c1nonc1OCC(F)F)C1CCC(F)(F)CC1. The van der Waals surface area contributed by atoms with Crippen molar-refractivity contribution in [2.45, 2.75) is 44.1 Å². The Morgan fingerprint density at radius 1 is 1.41 bits per heavy atom. The van der Waals surface area contributed by atoms with Gasteiger partial charge in [-0.05, 0) is 23.2 Å². The van der Waals surface area contributed by atoms with Crippen LogP contribution in [0, 0.1) is 0 Å². The normalized spacial score (nSPS) is 18.5. The minimum atomic E-state index is -2.74. The Labute approximate surface area is 123 Å². The number of hydrogen-bond acceptors (Lipinski definition) is 5. The maximum atomic E-state index is 13.1. The van der Waals surface area contributed by atoms with Gasteiger partial charge in [0.05, 0.1) is 0 Å². The van der Waals surface area contributed by atoms with E-state index in [1.807, 2.05) is 0 Å². The summed E-state index contributed by atoms with van der Waals surface area (Å²) >= 11 is 0. The number of aromatic nitrogens is 2. The third-order valence-electron chi connectivity index (χ3n) is 3.56. The lowest BCUT2D eigenvalue weighted by molar-refractivity contribution is -0.0491. The summed E-state index contributed by atoms with van der Waals surface area (Å²) in [6.45, 7) is -0.951. The highest BCUT2D eigenvalue weighted by Crippen LogP contribution is 2.35. The van der Waals surface area contributed by atoms with E-state index >= 15 is 0 Å². The molecule has 1 aromatic rings. The van der Waals surface area contributed by atoms with Gasteiger partial charge in [-0.1, -0.05) is 0 Å². The zero-order valence-corrected chi connectivity index (χ0v) is 11.8. The lowest BCUT2D eigenvalue weighted by atomic mass is 9.91. The number of carbonyl (C=O) groups is 1. The second kappa shape index (κ2) is 6.49. The molecule has 0 spiro atoms. The molecule has 124 valence electrons. The molecule has 1 aliphatic carbocycles. The number of carbonyl (C=O) groups excluding carboxylic acids is 1. The summed E-state index contributed by atoms with van der Waals surface area (Å²) < 4.78 is 59.4. The van der Waals surface area contributed by atoms with Crippen molar-refractivity contribution >= 4 is 5.91 Å². The summed E-state index contributed by atoms with van der Waals surface area (Å²) in [4.78, 5) is 13.5. The molecule has 0 aliphatic heterocycles. The molecule has 0 saturated heterocycles. The van der Waals surface area contributed by atoms with Crippen molar-refractivity contribution in [2.24, 2.45) is 0 Å². The van der Waals surface area contributed by atoms with E-state index in [1.54, 1.807) is 0 Å². The summed E-state index contributed by atoms with van der Waals surface area (Å²) in [5, 5.41) is 6.59. The standard InChI is InChI=1S/C12H15F4N3O3/c1-19(7-2-4-12(15,16)5-3-7)11(20)9-10(18-22-17-9)21-6-8(13)14/h7-8H,2-6H2,1H3. The first kappa shape index (κ1) is 16.5. The van der Waals surface area contributed by atoms with Crippen LogP contribution in [-0.4, -0.2) is 53.2 Å². The minimum absolute atomic E-state index is 0.147. The van der Waals surface area contributed by atoms with Crippen LogP contribution in [0.15, 0.2) is 4.63 Å². The Bertz CT molecular complexity index is 513. The van der Waals surface area contributed by atoms with Crippen LogP contribution >= 0.6 is 0 Å². The number of alkyl halides is 4. The van der Waals surface area contributed by atoms with Gasteiger partial charge in [-0.25, -0.2) is 22.2 Å². The molecule has 6 nitrogen and oxygen atoms in total. The quantitative estimate of drug-likeness (QED) is 0.778. The van der Waals surface area contributed by atoms with Gasteiger partial charge in [0.25, 0.3) is 18.2 Å². The maximum Gasteiger partial charge on any atom is 0.289 e. The van der Waals surface area contributed by atoms with Crippen LogP contribution in [0.5, 0.6) is 5.88 Å². The number of rotatable bonds is 5. The number of amides is 1. The first-order chi connectivity index (χ1) is 10.3. The molecule has 1 fully saturated rings. The molecule has 22 heavy (non-hydrogen) atoms. The largest absolute Gasteiger partial charge is 0.468 e. The molecule has 0 bridgehead atoms. The van der Waals surface area contributed by atoms with Crippen LogP contribution in [0.1, 0.15) is 36.2 Å². The van der Waals surface area contributed by atoms with Crippen molar-refractivity contribution in [3.8, 4) is 5.88 Å². The highest BCUT2D eigenvalue weighted by molar-refractivity contribution is 5.94. The predicted molar refractivity (Wildman–Crippen MR) is 65.1 cm³/mol. The second-order valence-corrected chi connectivity index (χ2v) is 5.12. The van der Waals surface area contributed by atoms with E-state index in [4.69, 9.17) is 0 Å². The van der Waals surface area contributed by atoms with Crippen molar-refractivity contribution in [3.63, 3.8) is 0 Å². The van der Waals surface area contributed by atoms with Crippen LogP contribution in [0.4, 0.5) is 17.6 Å². The van der Waals surface area contributed by atoms with Gasteiger partial charge < -0.3 is 9.64 Å². The molecule has 0 unspecified atom stereocenters. The first-order valence-electron chi connectivity index (χ1n) is 6.68. The Balaban J connectivity index is 2.01. The fraction of sp³-hybridized carbons (Fsp3) is 0.750. The van der Waals surface area contributed by atoms with Crippen molar-refractivity contribution in [1.82, 2.24) is 15.2 Å². The average Bonchev–Trinajstić information content (AvgIpc) is 2.92. The molecule has 1 amide bonds. The van der Waals surface area contributed by atoms with Crippen molar-refractivity contribution in [3.05, 3.63) is 5.69 Å². The van der Waals surface area contributed by atoms with E-state index in [2.05, 4.69) is 19.7 Å². The first-order valence-corrected chi connectivity index (χ1v) is 6.68. The Hall–Kier alpha value is -1.87. The molecule has 1 aromatic heterocycles. The third kappa shape index (κ3) is 3.86. The Kier molecular flexibility index (Phi) is 4.87. The van der Waals surface area contributed by atoms with E-state index < -0.39 is 30.7 Å². The van der Waals surface area contributed by atoms with Crippen molar-refractivity contribution in [2.75, 3.05) is 13.7 Å². The van der Waals surface area contributed by atoms with Gasteiger partial charge in [-0.2, -0.15) is 0 Å². The minimum Gasteiger partial charge on any atom is -0.468 e. The molecule has 0 N–H and O–H groups in total. The van der Waals surface area contributed by atoms with E-state index in [1.165, 1.54) is 11.9 Å². The van der Waals surface area contributed by atoms with E-state index in [0.29, 0.717) is 0 Å². The lowest BCUT2D eigenvalue weighted by Gasteiger charge is -2.34. The van der Waals surface area contributed by atoms with Gasteiger partial charge in [0, 0.05) is 25.9 Å². The molecule has 0 radical (unpaired) electrons. The van der Waals surface area contributed by atoms with E-state index in [0.717, 1.165) is 0 Å². The topological polar surface area (TPSA) is 68.5 Å². The van der Waals surface area contributed by atoms with Crippen LogP contribution in [0.2, 0.25) is 0 Å². The van der Waals surface area contributed by atoms with E-state index in [9.17, 15) is 22.4 Å². The average molecular weight is 325 g/mol. The summed E-state index contributed by atoms with van der Waals surface area (Å²) in [6, 6.07) is -0.383. The molecule has 10 heteroatoms. The van der Waals surface area contributed by atoms with Crippen LogP contribution in [0.3, 0.4) is 0 Å². The van der Waals surface area contributed by atoms with Crippen LogP contribution < -0.4 is 4.74 Å². The highest BCUT2D eigenvalue weighted by atomic mass is 19.3. The van der Waals surface area contributed by atoms with Crippen LogP contribution in [0.25, 0.3) is 0 Å². The highest BCUT2D eigenvalue weighted by Gasteiger charge is 2.38. The molecule has 0 atom stereocenters. The maximum absolute atomic E-state index is 13.1. The second-order valence-electron chi connectivity index (χ2n) is 5.12. The molecular weight excluding hydrogens is 310 g/mol. The smallest absolute Gasteiger partial charge is 0.289 e. The molecule has 1 aliphatic rings.